The topological polar surface area (TPSA) is 55.2 Å². The van der Waals surface area contributed by atoms with Crippen LogP contribution in [0.2, 0.25) is 0 Å². The number of ether oxygens (including phenoxy) is 1. The summed E-state index contributed by atoms with van der Waals surface area (Å²) in [5, 5.41) is 10.4. The van der Waals surface area contributed by atoms with E-state index in [4.69, 9.17) is 4.74 Å². The van der Waals surface area contributed by atoms with Crippen LogP contribution in [0.1, 0.15) is 35.5 Å². The molecule has 2 aromatic heterocycles. The predicted octanol–water partition coefficient (Wildman–Crippen LogP) is 2.57. The van der Waals surface area contributed by atoms with E-state index in [0.717, 1.165) is 17.0 Å². The van der Waals surface area contributed by atoms with Gasteiger partial charge in [0.25, 0.3) is 0 Å². The van der Waals surface area contributed by atoms with E-state index in [-0.39, 0.29) is 0 Å². The van der Waals surface area contributed by atoms with Crippen molar-refractivity contribution in [1.82, 2.24) is 9.97 Å². The summed E-state index contributed by atoms with van der Waals surface area (Å²) in [7, 11) is 0. The summed E-state index contributed by atoms with van der Waals surface area (Å²) in [6.45, 7) is 6.31. The molecule has 1 atom stereocenters. The third-order valence-electron chi connectivity index (χ3n) is 2.92. The molecule has 0 amide bonds. The van der Waals surface area contributed by atoms with Crippen molar-refractivity contribution in [2.45, 2.75) is 26.9 Å². The Kier molecular flexibility index (Phi) is 4.12. The summed E-state index contributed by atoms with van der Waals surface area (Å²) in [6, 6.07) is 5.60. The molecule has 0 aliphatic heterocycles. The van der Waals surface area contributed by atoms with E-state index in [1.54, 1.807) is 18.5 Å². The Morgan fingerprint density at radius 3 is 2.74 bits per heavy atom. The molecule has 100 valence electrons. The second-order valence-electron chi connectivity index (χ2n) is 4.42. The minimum absolute atomic E-state index is 0.576. The van der Waals surface area contributed by atoms with Gasteiger partial charge in [0.1, 0.15) is 11.9 Å². The highest BCUT2D eigenvalue weighted by Gasteiger charge is 2.14. The Hall–Kier alpha value is -1.94. The minimum atomic E-state index is -0.735. The molecular formula is C15H18N2O2. The number of rotatable bonds is 4. The lowest BCUT2D eigenvalue weighted by Crippen LogP contribution is -2.05. The maximum Gasteiger partial charge on any atom is 0.137 e. The van der Waals surface area contributed by atoms with Gasteiger partial charge in [-0.25, -0.2) is 0 Å². The van der Waals surface area contributed by atoms with Crippen molar-refractivity contribution in [2.24, 2.45) is 0 Å². The van der Waals surface area contributed by atoms with Crippen LogP contribution in [0.3, 0.4) is 0 Å². The van der Waals surface area contributed by atoms with E-state index in [0.29, 0.717) is 17.9 Å². The Morgan fingerprint density at radius 1 is 1.26 bits per heavy atom. The Morgan fingerprint density at radius 2 is 2.05 bits per heavy atom. The van der Waals surface area contributed by atoms with Crippen LogP contribution in [0.5, 0.6) is 5.75 Å². The molecular weight excluding hydrogens is 240 g/mol. The molecule has 2 heterocycles. The smallest absolute Gasteiger partial charge is 0.137 e. The molecule has 2 rings (SSSR count). The molecule has 0 radical (unpaired) electrons. The van der Waals surface area contributed by atoms with Gasteiger partial charge in [-0.15, -0.1) is 0 Å². The predicted molar refractivity (Wildman–Crippen MR) is 73.2 cm³/mol. The van der Waals surface area contributed by atoms with Crippen LogP contribution in [0, 0.1) is 13.8 Å². The lowest BCUT2D eigenvalue weighted by atomic mass is 10.0. The number of hydrogen-bond acceptors (Lipinski definition) is 4. The number of pyridine rings is 2. The van der Waals surface area contributed by atoms with Gasteiger partial charge in [-0.1, -0.05) is 6.07 Å². The number of aliphatic hydroxyl groups excluding tert-OH is 1. The molecule has 2 aromatic rings. The Balaban J connectivity index is 2.32. The van der Waals surface area contributed by atoms with Crippen LogP contribution >= 0.6 is 0 Å². The van der Waals surface area contributed by atoms with E-state index < -0.39 is 6.10 Å². The van der Waals surface area contributed by atoms with Gasteiger partial charge in [-0.05, 0) is 32.9 Å². The van der Waals surface area contributed by atoms with E-state index in [1.807, 2.05) is 32.9 Å². The normalized spacial score (nSPS) is 12.2. The number of hydrogen-bond donors (Lipinski definition) is 1. The van der Waals surface area contributed by atoms with Gasteiger partial charge < -0.3 is 9.84 Å². The van der Waals surface area contributed by atoms with Crippen molar-refractivity contribution >= 4 is 0 Å². The molecule has 1 N–H and O–H groups in total. The van der Waals surface area contributed by atoms with Gasteiger partial charge in [0.2, 0.25) is 0 Å². The SMILES string of the molecule is CCOc1cncc(C(O)c2ccc(C)nc2C)c1. The monoisotopic (exact) mass is 258 g/mol. The molecule has 4 nitrogen and oxygen atoms in total. The van der Waals surface area contributed by atoms with Gasteiger partial charge in [0.15, 0.2) is 0 Å². The number of nitrogens with zero attached hydrogens (tertiary/aromatic N) is 2. The number of aromatic nitrogens is 2. The molecule has 0 saturated carbocycles. The highest BCUT2D eigenvalue weighted by atomic mass is 16.5. The minimum Gasteiger partial charge on any atom is -0.492 e. The first kappa shape index (κ1) is 13.5. The van der Waals surface area contributed by atoms with E-state index in [1.165, 1.54) is 0 Å². The molecule has 0 aromatic carbocycles. The Bertz CT molecular complexity index is 570. The molecule has 0 bridgehead atoms. The molecule has 0 fully saturated rings. The van der Waals surface area contributed by atoms with Crippen LogP contribution in [-0.4, -0.2) is 21.7 Å². The maximum absolute atomic E-state index is 10.4. The lowest BCUT2D eigenvalue weighted by molar-refractivity contribution is 0.217. The van der Waals surface area contributed by atoms with Crippen molar-refractivity contribution < 1.29 is 9.84 Å². The molecule has 0 aliphatic rings. The molecule has 19 heavy (non-hydrogen) atoms. The summed E-state index contributed by atoms with van der Waals surface area (Å²) in [6.07, 6.45) is 2.55. The molecule has 0 aliphatic carbocycles. The van der Waals surface area contributed by atoms with Gasteiger partial charge in [-0.2, -0.15) is 0 Å². The standard InChI is InChI=1S/C15H18N2O2/c1-4-19-13-7-12(8-16-9-13)15(18)14-6-5-10(2)17-11(14)3/h5-9,15,18H,4H2,1-3H3. The zero-order valence-corrected chi connectivity index (χ0v) is 11.4. The summed E-state index contributed by atoms with van der Waals surface area (Å²) in [4.78, 5) is 8.46. The first-order valence-electron chi connectivity index (χ1n) is 6.31. The number of aryl methyl sites for hydroxylation is 2. The van der Waals surface area contributed by atoms with Crippen LogP contribution in [0.25, 0.3) is 0 Å². The number of aliphatic hydroxyl groups is 1. The first-order chi connectivity index (χ1) is 9.11. The second kappa shape index (κ2) is 5.80. The van der Waals surface area contributed by atoms with Crippen molar-refractivity contribution in [3.8, 4) is 5.75 Å². The van der Waals surface area contributed by atoms with Crippen LogP contribution in [0.4, 0.5) is 0 Å². The van der Waals surface area contributed by atoms with Gasteiger partial charge in [-0.3, -0.25) is 9.97 Å². The summed E-state index contributed by atoms with van der Waals surface area (Å²) >= 11 is 0. The van der Waals surface area contributed by atoms with E-state index in [9.17, 15) is 5.11 Å². The first-order valence-corrected chi connectivity index (χ1v) is 6.31. The maximum atomic E-state index is 10.4. The van der Waals surface area contributed by atoms with Crippen molar-refractivity contribution in [2.75, 3.05) is 6.61 Å². The van der Waals surface area contributed by atoms with Crippen molar-refractivity contribution in [1.29, 1.82) is 0 Å². The third kappa shape index (κ3) is 3.09. The highest BCUT2D eigenvalue weighted by Crippen LogP contribution is 2.25. The fourth-order valence-electron chi connectivity index (χ4n) is 2.00. The van der Waals surface area contributed by atoms with Gasteiger partial charge in [0, 0.05) is 28.7 Å². The largest absolute Gasteiger partial charge is 0.492 e. The summed E-state index contributed by atoms with van der Waals surface area (Å²) in [5.41, 5.74) is 3.27. The quantitative estimate of drug-likeness (QED) is 0.915. The molecule has 0 saturated heterocycles. The highest BCUT2D eigenvalue weighted by molar-refractivity contribution is 5.34. The average molecular weight is 258 g/mol. The third-order valence-corrected chi connectivity index (χ3v) is 2.92. The molecule has 0 spiro atoms. The molecule has 4 heteroatoms. The zero-order chi connectivity index (χ0) is 13.8. The van der Waals surface area contributed by atoms with Crippen LogP contribution in [-0.2, 0) is 0 Å². The van der Waals surface area contributed by atoms with E-state index >= 15 is 0 Å². The van der Waals surface area contributed by atoms with Crippen molar-refractivity contribution in [3.05, 3.63) is 53.1 Å². The summed E-state index contributed by atoms with van der Waals surface area (Å²) < 4.78 is 5.39. The van der Waals surface area contributed by atoms with Gasteiger partial charge in [0.05, 0.1) is 12.8 Å². The summed E-state index contributed by atoms with van der Waals surface area (Å²) in [5.74, 6) is 0.664. The van der Waals surface area contributed by atoms with Crippen LogP contribution in [0.15, 0.2) is 30.6 Å². The van der Waals surface area contributed by atoms with Crippen molar-refractivity contribution in [3.63, 3.8) is 0 Å². The fraction of sp³-hybridized carbons (Fsp3) is 0.333. The Labute approximate surface area is 113 Å². The average Bonchev–Trinajstić information content (AvgIpc) is 2.39. The lowest BCUT2D eigenvalue weighted by Gasteiger charge is -2.14. The van der Waals surface area contributed by atoms with E-state index in [2.05, 4.69) is 9.97 Å². The fourth-order valence-corrected chi connectivity index (χ4v) is 2.00. The second-order valence-corrected chi connectivity index (χ2v) is 4.42. The van der Waals surface area contributed by atoms with Crippen LogP contribution < -0.4 is 4.74 Å². The zero-order valence-electron chi connectivity index (χ0n) is 11.4. The van der Waals surface area contributed by atoms with Gasteiger partial charge >= 0.3 is 0 Å². The molecule has 1 unspecified atom stereocenters.